The van der Waals surface area contributed by atoms with E-state index in [1.54, 1.807) is 24.3 Å². The number of benzene rings is 1. The number of carboxylic acid groups (broad SMARTS) is 1. The summed E-state index contributed by atoms with van der Waals surface area (Å²) in [6.45, 7) is 4.72. The predicted octanol–water partition coefficient (Wildman–Crippen LogP) is 0.846. The molecule has 0 atom stereocenters. The van der Waals surface area contributed by atoms with Gasteiger partial charge in [0.1, 0.15) is 0 Å². The van der Waals surface area contributed by atoms with Gasteiger partial charge in [-0.05, 0) is 23.8 Å². The molecule has 1 amide bonds. The van der Waals surface area contributed by atoms with E-state index in [-0.39, 0.29) is 5.91 Å². The molecule has 1 aliphatic rings. The largest absolute Gasteiger partial charge is 0.478 e. The fourth-order valence-corrected chi connectivity index (χ4v) is 2.17. The van der Waals surface area contributed by atoms with Crippen LogP contribution in [0.25, 0.3) is 6.08 Å². The number of nitrogens with one attached hydrogen (secondary N) is 1. The van der Waals surface area contributed by atoms with Crippen LogP contribution in [0.5, 0.6) is 0 Å². The summed E-state index contributed by atoms with van der Waals surface area (Å²) < 4.78 is 5.27. The predicted molar refractivity (Wildman–Crippen MR) is 82.7 cm³/mol. The van der Waals surface area contributed by atoms with Gasteiger partial charge in [-0.1, -0.05) is 12.1 Å². The molecule has 22 heavy (non-hydrogen) atoms. The van der Waals surface area contributed by atoms with E-state index < -0.39 is 5.97 Å². The minimum absolute atomic E-state index is 0.123. The van der Waals surface area contributed by atoms with Gasteiger partial charge in [0.05, 0.1) is 13.2 Å². The van der Waals surface area contributed by atoms with E-state index in [0.29, 0.717) is 12.1 Å². The van der Waals surface area contributed by atoms with Crippen LogP contribution in [0.15, 0.2) is 30.3 Å². The summed E-state index contributed by atoms with van der Waals surface area (Å²) in [5, 5.41) is 11.4. The first-order valence-corrected chi connectivity index (χ1v) is 7.24. The zero-order valence-electron chi connectivity index (χ0n) is 12.3. The van der Waals surface area contributed by atoms with E-state index in [0.717, 1.165) is 44.5 Å². The van der Waals surface area contributed by atoms with Gasteiger partial charge in [-0.3, -0.25) is 9.69 Å². The SMILES string of the molecule is O=C(O)/C=C/c1ccc(C(=O)NCCN2CCOCC2)cc1. The highest BCUT2D eigenvalue weighted by molar-refractivity contribution is 5.94. The molecule has 1 aliphatic heterocycles. The summed E-state index contributed by atoms with van der Waals surface area (Å²) in [7, 11) is 0. The van der Waals surface area contributed by atoms with Gasteiger partial charge in [-0.25, -0.2) is 4.79 Å². The molecule has 0 radical (unpaired) electrons. The summed E-state index contributed by atoms with van der Waals surface area (Å²) in [5.41, 5.74) is 1.31. The molecule has 0 bridgehead atoms. The lowest BCUT2D eigenvalue weighted by molar-refractivity contribution is -0.131. The van der Waals surface area contributed by atoms with Crippen LogP contribution >= 0.6 is 0 Å². The number of nitrogens with zero attached hydrogens (tertiary/aromatic N) is 1. The number of ether oxygens (including phenoxy) is 1. The Labute approximate surface area is 129 Å². The number of morpholine rings is 1. The molecule has 1 heterocycles. The molecule has 0 spiro atoms. The minimum atomic E-state index is -0.995. The molecule has 6 heteroatoms. The first-order valence-electron chi connectivity index (χ1n) is 7.24. The van der Waals surface area contributed by atoms with Gasteiger partial charge >= 0.3 is 5.97 Å². The first-order chi connectivity index (χ1) is 10.6. The zero-order valence-corrected chi connectivity index (χ0v) is 12.3. The topological polar surface area (TPSA) is 78.9 Å². The first kappa shape index (κ1) is 16.2. The average Bonchev–Trinajstić information content (AvgIpc) is 2.54. The lowest BCUT2D eigenvalue weighted by Gasteiger charge is -2.26. The van der Waals surface area contributed by atoms with Crippen molar-refractivity contribution in [3.05, 3.63) is 41.5 Å². The van der Waals surface area contributed by atoms with Crippen LogP contribution < -0.4 is 5.32 Å². The monoisotopic (exact) mass is 304 g/mol. The Morgan fingerprint density at radius 3 is 2.55 bits per heavy atom. The van der Waals surface area contributed by atoms with Crippen molar-refractivity contribution in [3.63, 3.8) is 0 Å². The van der Waals surface area contributed by atoms with Gasteiger partial charge in [0.2, 0.25) is 0 Å². The number of carboxylic acids is 1. The Hall–Kier alpha value is -2.18. The lowest BCUT2D eigenvalue weighted by atomic mass is 10.1. The summed E-state index contributed by atoms with van der Waals surface area (Å²) in [5.74, 6) is -1.12. The third-order valence-corrected chi connectivity index (χ3v) is 3.41. The average molecular weight is 304 g/mol. The Morgan fingerprint density at radius 1 is 1.23 bits per heavy atom. The summed E-state index contributed by atoms with van der Waals surface area (Å²) in [6, 6.07) is 6.81. The molecular formula is C16H20N2O4. The number of amides is 1. The Bertz CT molecular complexity index is 534. The van der Waals surface area contributed by atoms with E-state index in [1.165, 1.54) is 6.08 Å². The molecule has 6 nitrogen and oxygen atoms in total. The normalized spacial score (nSPS) is 15.8. The molecular weight excluding hydrogens is 284 g/mol. The number of hydrogen-bond donors (Lipinski definition) is 2. The van der Waals surface area contributed by atoms with Gasteiger partial charge in [-0.2, -0.15) is 0 Å². The van der Waals surface area contributed by atoms with Gasteiger partial charge < -0.3 is 15.2 Å². The van der Waals surface area contributed by atoms with Crippen molar-refractivity contribution in [3.8, 4) is 0 Å². The fourth-order valence-electron chi connectivity index (χ4n) is 2.17. The highest BCUT2D eigenvalue weighted by Gasteiger charge is 2.10. The third kappa shape index (κ3) is 5.31. The highest BCUT2D eigenvalue weighted by Crippen LogP contribution is 2.06. The number of rotatable bonds is 6. The second-order valence-corrected chi connectivity index (χ2v) is 5.00. The Kier molecular flexibility index (Phi) is 6.12. The smallest absolute Gasteiger partial charge is 0.328 e. The van der Waals surface area contributed by atoms with Crippen LogP contribution in [0.3, 0.4) is 0 Å². The molecule has 0 saturated carbocycles. The lowest BCUT2D eigenvalue weighted by Crippen LogP contribution is -2.41. The van der Waals surface area contributed by atoms with Crippen molar-refractivity contribution >= 4 is 18.0 Å². The van der Waals surface area contributed by atoms with Crippen LogP contribution in [0.1, 0.15) is 15.9 Å². The summed E-state index contributed by atoms with van der Waals surface area (Å²) in [6.07, 6.45) is 2.56. The van der Waals surface area contributed by atoms with Crippen LogP contribution in [0.2, 0.25) is 0 Å². The standard InChI is InChI=1S/C16H20N2O4/c19-15(20)6-3-13-1-4-14(5-2-13)16(21)17-7-8-18-9-11-22-12-10-18/h1-6H,7-12H2,(H,17,21)(H,19,20)/b6-3+. The highest BCUT2D eigenvalue weighted by atomic mass is 16.5. The Balaban J connectivity index is 1.78. The number of carbonyl (C=O) groups is 2. The van der Waals surface area contributed by atoms with Crippen molar-refractivity contribution in [2.45, 2.75) is 0 Å². The second kappa shape index (κ2) is 8.31. The maximum atomic E-state index is 12.0. The van der Waals surface area contributed by atoms with Crippen LogP contribution in [0, 0.1) is 0 Å². The third-order valence-electron chi connectivity index (χ3n) is 3.41. The van der Waals surface area contributed by atoms with E-state index in [1.807, 2.05) is 0 Å². The van der Waals surface area contributed by atoms with Crippen molar-refractivity contribution in [2.75, 3.05) is 39.4 Å². The minimum Gasteiger partial charge on any atom is -0.478 e. The van der Waals surface area contributed by atoms with E-state index >= 15 is 0 Å². The van der Waals surface area contributed by atoms with E-state index in [4.69, 9.17) is 9.84 Å². The zero-order chi connectivity index (χ0) is 15.8. The molecule has 1 saturated heterocycles. The molecule has 2 N–H and O–H groups in total. The van der Waals surface area contributed by atoms with Gasteiger partial charge in [0, 0.05) is 37.8 Å². The number of hydrogen-bond acceptors (Lipinski definition) is 4. The molecule has 118 valence electrons. The maximum absolute atomic E-state index is 12.0. The Morgan fingerprint density at radius 2 is 1.91 bits per heavy atom. The van der Waals surface area contributed by atoms with Crippen molar-refractivity contribution in [1.29, 1.82) is 0 Å². The van der Waals surface area contributed by atoms with Gasteiger partial charge in [-0.15, -0.1) is 0 Å². The molecule has 1 fully saturated rings. The van der Waals surface area contributed by atoms with Crippen LogP contribution in [0.4, 0.5) is 0 Å². The summed E-state index contributed by atoms with van der Waals surface area (Å²) in [4.78, 5) is 24.7. The fraction of sp³-hybridized carbons (Fsp3) is 0.375. The molecule has 0 aromatic heterocycles. The second-order valence-electron chi connectivity index (χ2n) is 5.00. The molecule has 1 aromatic rings. The van der Waals surface area contributed by atoms with Gasteiger partial charge in [0.25, 0.3) is 5.91 Å². The van der Waals surface area contributed by atoms with E-state index in [2.05, 4.69) is 10.2 Å². The summed E-state index contributed by atoms with van der Waals surface area (Å²) >= 11 is 0. The molecule has 0 unspecified atom stereocenters. The quantitative estimate of drug-likeness (QED) is 0.762. The van der Waals surface area contributed by atoms with E-state index in [9.17, 15) is 9.59 Å². The van der Waals surface area contributed by atoms with Crippen molar-refractivity contribution < 1.29 is 19.4 Å². The molecule has 1 aromatic carbocycles. The number of aliphatic carboxylic acids is 1. The van der Waals surface area contributed by atoms with Crippen molar-refractivity contribution in [1.82, 2.24) is 10.2 Å². The number of carbonyl (C=O) groups excluding carboxylic acids is 1. The van der Waals surface area contributed by atoms with Crippen LogP contribution in [-0.4, -0.2) is 61.3 Å². The molecule has 2 rings (SSSR count). The van der Waals surface area contributed by atoms with Gasteiger partial charge in [0.15, 0.2) is 0 Å². The van der Waals surface area contributed by atoms with Crippen LogP contribution in [-0.2, 0) is 9.53 Å². The van der Waals surface area contributed by atoms with Crippen molar-refractivity contribution in [2.24, 2.45) is 0 Å². The maximum Gasteiger partial charge on any atom is 0.328 e. The molecule has 0 aliphatic carbocycles.